The maximum atomic E-state index is 10.1. The Kier molecular flexibility index (Phi) is 3.48. The molecule has 3 unspecified atom stereocenters. The van der Waals surface area contributed by atoms with Gasteiger partial charge in [0.2, 0.25) is 0 Å². The van der Waals surface area contributed by atoms with Crippen molar-refractivity contribution in [1.29, 1.82) is 0 Å². The molecule has 1 saturated heterocycles. The van der Waals surface area contributed by atoms with Crippen molar-refractivity contribution in [2.45, 2.75) is 18.6 Å². The van der Waals surface area contributed by atoms with Crippen molar-refractivity contribution in [1.82, 2.24) is 0 Å². The molecular weight excluding hydrogens is 169 g/mol. The molecule has 0 spiro atoms. The van der Waals surface area contributed by atoms with Crippen LogP contribution < -0.4 is 5.73 Å². The van der Waals surface area contributed by atoms with Crippen LogP contribution in [0.4, 0.5) is 0 Å². The van der Waals surface area contributed by atoms with E-state index in [-0.39, 0.29) is 18.8 Å². The van der Waals surface area contributed by atoms with Gasteiger partial charge in [-0.15, -0.1) is 0 Å². The highest BCUT2D eigenvalue weighted by Gasteiger charge is 2.22. The molecule has 0 bridgehead atoms. The number of ether oxygens (including phenoxy) is 1. The van der Waals surface area contributed by atoms with Crippen molar-refractivity contribution < 1.29 is 18.7 Å². The summed E-state index contributed by atoms with van der Waals surface area (Å²) in [7, 11) is -2.81. The van der Waals surface area contributed by atoms with E-state index in [1.54, 1.807) is 0 Å². The average molecular weight is 181 g/mol. The van der Waals surface area contributed by atoms with Crippen LogP contribution in [0.25, 0.3) is 0 Å². The summed E-state index contributed by atoms with van der Waals surface area (Å²) >= 11 is 0. The zero-order valence-electron chi connectivity index (χ0n) is 6.03. The topological polar surface area (TPSA) is 81.8 Å². The van der Waals surface area contributed by atoms with Crippen LogP contribution in [0.3, 0.4) is 0 Å². The zero-order chi connectivity index (χ0) is 8.27. The molecule has 3 N–H and O–H groups in total. The van der Waals surface area contributed by atoms with Crippen LogP contribution in [0, 0.1) is 0 Å². The van der Waals surface area contributed by atoms with Crippen LogP contribution in [0.15, 0.2) is 0 Å². The van der Waals surface area contributed by atoms with Gasteiger partial charge in [-0.1, -0.05) is 0 Å². The fraction of sp³-hybridized carbons (Fsp3) is 1.00. The Morgan fingerprint density at radius 3 is 3.00 bits per heavy atom. The monoisotopic (exact) mass is 181 g/mol. The van der Waals surface area contributed by atoms with Gasteiger partial charge in [0.1, 0.15) is 0 Å². The number of nitrogens with two attached hydrogens (primary N) is 1. The van der Waals surface area contributed by atoms with Crippen molar-refractivity contribution in [3.63, 3.8) is 0 Å². The van der Waals surface area contributed by atoms with Gasteiger partial charge in [-0.05, 0) is 6.42 Å². The summed E-state index contributed by atoms with van der Waals surface area (Å²) in [6, 6.07) is 0.0459. The maximum Gasteiger partial charge on any atom is 0.316 e. The van der Waals surface area contributed by atoms with E-state index in [0.717, 1.165) is 0 Å². The van der Waals surface area contributed by atoms with E-state index in [0.29, 0.717) is 13.0 Å². The predicted molar refractivity (Wildman–Crippen MR) is 39.5 cm³/mol. The SMILES string of the molecule is NC1COC(CO[PH](=O)O)C1. The summed E-state index contributed by atoms with van der Waals surface area (Å²) in [6.07, 6.45) is 0.598. The first-order valence-electron chi connectivity index (χ1n) is 3.41. The van der Waals surface area contributed by atoms with Crippen molar-refractivity contribution >= 4 is 8.25 Å². The third kappa shape index (κ3) is 3.31. The summed E-state index contributed by atoms with van der Waals surface area (Å²) in [5, 5.41) is 0. The standard InChI is InChI=1S/C5H12NO4P/c6-4-1-5(9-2-4)3-10-11(7)8/h4-5,11H,1-3,6H2,(H,7,8). The average Bonchev–Trinajstić information content (AvgIpc) is 2.31. The molecule has 0 radical (unpaired) electrons. The maximum absolute atomic E-state index is 10.1. The van der Waals surface area contributed by atoms with Gasteiger partial charge in [0, 0.05) is 6.04 Å². The second-order valence-electron chi connectivity index (χ2n) is 2.53. The minimum Gasteiger partial charge on any atom is -0.374 e. The van der Waals surface area contributed by atoms with Crippen LogP contribution in [-0.2, 0) is 13.8 Å². The molecule has 1 aliphatic rings. The second-order valence-corrected chi connectivity index (χ2v) is 3.35. The molecule has 0 aromatic carbocycles. The molecule has 0 aliphatic carbocycles. The Hall–Kier alpha value is 0.0700. The van der Waals surface area contributed by atoms with Gasteiger partial charge in [0.25, 0.3) is 0 Å². The molecule has 5 nitrogen and oxygen atoms in total. The van der Waals surface area contributed by atoms with Crippen LogP contribution >= 0.6 is 8.25 Å². The van der Waals surface area contributed by atoms with Crippen LogP contribution in [0.1, 0.15) is 6.42 Å². The van der Waals surface area contributed by atoms with Crippen LogP contribution in [-0.4, -0.2) is 30.3 Å². The van der Waals surface area contributed by atoms with Crippen molar-refractivity contribution in [3.8, 4) is 0 Å². The molecule has 1 aliphatic heterocycles. The van der Waals surface area contributed by atoms with Crippen LogP contribution in [0.5, 0.6) is 0 Å². The first-order valence-corrected chi connectivity index (χ1v) is 4.67. The normalized spacial score (nSPS) is 34.0. The highest BCUT2D eigenvalue weighted by atomic mass is 31.1. The largest absolute Gasteiger partial charge is 0.374 e. The summed E-state index contributed by atoms with van der Waals surface area (Å²) in [4.78, 5) is 8.32. The third-order valence-electron chi connectivity index (χ3n) is 1.50. The predicted octanol–water partition coefficient (Wildman–Crippen LogP) is -0.499. The van der Waals surface area contributed by atoms with Gasteiger partial charge in [0.15, 0.2) is 0 Å². The van der Waals surface area contributed by atoms with Crippen molar-refractivity contribution in [2.24, 2.45) is 5.73 Å². The van der Waals surface area contributed by atoms with E-state index in [1.807, 2.05) is 0 Å². The van der Waals surface area contributed by atoms with E-state index in [2.05, 4.69) is 4.52 Å². The lowest BCUT2D eigenvalue weighted by atomic mass is 10.2. The number of rotatable bonds is 3. The Labute approximate surface area is 65.4 Å². The van der Waals surface area contributed by atoms with E-state index in [1.165, 1.54) is 0 Å². The molecule has 0 aromatic rings. The summed E-state index contributed by atoms with van der Waals surface area (Å²) in [6.45, 7) is 0.683. The summed E-state index contributed by atoms with van der Waals surface area (Å²) < 4.78 is 19.7. The molecule has 1 fully saturated rings. The Morgan fingerprint density at radius 1 is 1.82 bits per heavy atom. The first-order chi connectivity index (χ1) is 5.18. The highest BCUT2D eigenvalue weighted by molar-refractivity contribution is 7.32. The Morgan fingerprint density at radius 2 is 2.55 bits per heavy atom. The number of hydrogen-bond donors (Lipinski definition) is 2. The molecule has 0 amide bonds. The molecular formula is C5H12NO4P. The van der Waals surface area contributed by atoms with E-state index >= 15 is 0 Å². The Balaban J connectivity index is 2.13. The molecule has 3 atom stereocenters. The molecule has 66 valence electrons. The summed E-state index contributed by atoms with van der Waals surface area (Å²) in [5.41, 5.74) is 5.52. The van der Waals surface area contributed by atoms with E-state index in [4.69, 9.17) is 15.4 Å². The Bertz CT molecular complexity index is 153. The van der Waals surface area contributed by atoms with Gasteiger partial charge in [-0.2, -0.15) is 0 Å². The van der Waals surface area contributed by atoms with Gasteiger partial charge >= 0.3 is 8.25 Å². The number of hydrogen-bond acceptors (Lipinski definition) is 4. The smallest absolute Gasteiger partial charge is 0.316 e. The van der Waals surface area contributed by atoms with Gasteiger partial charge in [-0.3, -0.25) is 4.57 Å². The second kappa shape index (κ2) is 4.18. The first kappa shape index (κ1) is 9.16. The van der Waals surface area contributed by atoms with Gasteiger partial charge < -0.3 is 19.9 Å². The molecule has 0 saturated carbocycles. The lowest BCUT2D eigenvalue weighted by molar-refractivity contribution is 0.0659. The fourth-order valence-electron chi connectivity index (χ4n) is 1.01. The molecule has 11 heavy (non-hydrogen) atoms. The van der Waals surface area contributed by atoms with E-state index in [9.17, 15) is 4.57 Å². The third-order valence-corrected chi connectivity index (χ3v) is 1.92. The molecule has 6 heteroatoms. The van der Waals surface area contributed by atoms with E-state index < -0.39 is 8.25 Å². The zero-order valence-corrected chi connectivity index (χ0v) is 7.03. The molecule has 1 heterocycles. The minimum absolute atomic E-state index is 0.0459. The molecule has 0 aromatic heterocycles. The van der Waals surface area contributed by atoms with Gasteiger partial charge in [-0.25, -0.2) is 0 Å². The fourth-order valence-corrected chi connectivity index (χ4v) is 1.34. The quantitative estimate of drug-likeness (QED) is 0.573. The minimum atomic E-state index is -2.81. The molecule has 1 rings (SSSR count). The van der Waals surface area contributed by atoms with Crippen molar-refractivity contribution in [3.05, 3.63) is 0 Å². The lowest BCUT2D eigenvalue weighted by Gasteiger charge is -2.06. The summed E-state index contributed by atoms with van der Waals surface area (Å²) in [5.74, 6) is 0. The lowest BCUT2D eigenvalue weighted by Crippen LogP contribution is -2.20. The van der Waals surface area contributed by atoms with Crippen LogP contribution in [0.2, 0.25) is 0 Å². The van der Waals surface area contributed by atoms with Gasteiger partial charge in [0.05, 0.1) is 19.3 Å². The van der Waals surface area contributed by atoms with Crippen molar-refractivity contribution in [2.75, 3.05) is 13.2 Å². The highest BCUT2D eigenvalue weighted by Crippen LogP contribution is 2.19.